The van der Waals surface area contributed by atoms with Crippen LogP contribution in [-0.2, 0) is 6.32 Å². The first-order valence-electron chi connectivity index (χ1n) is 3.84. The van der Waals surface area contributed by atoms with Gasteiger partial charge in [0.15, 0.2) is 0 Å². The lowest BCUT2D eigenvalue weighted by molar-refractivity contribution is 0.468. The maximum absolute atomic E-state index is 12.6. The van der Waals surface area contributed by atoms with E-state index in [2.05, 4.69) is 0 Å². The Morgan fingerprint density at radius 1 is 1.23 bits per heavy atom. The summed E-state index contributed by atoms with van der Waals surface area (Å²) in [6.45, 7) is -3.34. The standard InChI is InChI=1S/C8H8BF4/c1-6-2-3-8(10)4-7(6)5-9(11,12)13/h2-4H,5H2,1H3/q-1. The molecule has 0 aliphatic rings. The van der Waals surface area contributed by atoms with Crippen LogP contribution in [0.3, 0.4) is 0 Å². The first-order chi connectivity index (χ1) is 5.88. The highest BCUT2D eigenvalue weighted by Gasteiger charge is 2.23. The highest BCUT2D eigenvalue weighted by Crippen LogP contribution is 2.19. The van der Waals surface area contributed by atoms with Crippen LogP contribution in [0.5, 0.6) is 0 Å². The largest absolute Gasteiger partial charge is 0.482 e. The van der Waals surface area contributed by atoms with E-state index in [0.717, 1.165) is 12.1 Å². The van der Waals surface area contributed by atoms with Gasteiger partial charge in [-0.15, -0.1) is 0 Å². The van der Waals surface area contributed by atoms with Gasteiger partial charge in [-0.3, -0.25) is 0 Å². The van der Waals surface area contributed by atoms with Crippen molar-refractivity contribution in [1.82, 2.24) is 0 Å². The van der Waals surface area contributed by atoms with Crippen molar-refractivity contribution in [3.8, 4) is 0 Å². The molecule has 0 aliphatic carbocycles. The van der Waals surface area contributed by atoms with Gasteiger partial charge in [0.1, 0.15) is 5.82 Å². The van der Waals surface area contributed by atoms with Crippen LogP contribution in [0.4, 0.5) is 17.3 Å². The Labute approximate surface area is 73.6 Å². The lowest BCUT2D eigenvalue weighted by Gasteiger charge is -2.15. The molecule has 0 aliphatic heterocycles. The zero-order chi connectivity index (χ0) is 10.1. The van der Waals surface area contributed by atoms with Crippen molar-refractivity contribution in [2.45, 2.75) is 13.2 Å². The van der Waals surface area contributed by atoms with Crippen LogP contribution in [0, 0.1) is 12.7 Å². The molecule has 0 nitrogen and oxygen atoms in total. The number of benzene rings is 1. The fraction of sp³-hybridized carbons (Fsp3) is 0.250. The van der Waals surface area contributed by atoms with Gasteiger partial charge in [-0.1, -0.05) is 23.5 Å². The van der Waals surface area contributed by atoms with E-state index >= 15 is 0 Å². The lowest BCUT2D eigenvalue weighted by atomic mass is 9.80. The highest BCUT2D eigenvalue weighted by molar-refractivity contribution is 6.57. The normalized spacial score (nSPS) is 11.8. The van der Waals surface area contributed by atoms with Crippen LogP contribution in [0.15, 0.2) is 18.2 Å². The van der Waals surface area contributed by atoms with Crippen molar-refractivity contribution < 1.29 is 17.3 Å². The average Bonchev–Trinajstić information content (AvgIpc) is 1.94. The summed E-state index contributed by atoms with van der Waals surface area (Å²) >= 11 is 0. The molecule has 0 radical (unpaired) electrons. The molecule has 0 aromatic heterocycles. The molecule has 0 N–H and O–H groups in total. The molecule has 0 spiro atoms. The molecular weight excluding hydrogens is 183 g/mol. The maximum atomic E-state index is 12.6. The molecule has 0 unspecified atom stereocenters. The first kappa shape index (κ1) is 10.1. The molecule has 0 atom stereocenters. The van der Waals surface area contributed by atoms with E-state index in [1.54, 1.807) is 0 Å². The zero-order valence-electron chi connectivity index (χ0n) is 7.03. The van der Waals surface area contributed by atoms with E-state index in [0.29, 0.717) is 5.56 Å². The minimum Gasteiger partial charge on any atom is -0.449 e. The third-order valence-electron chi connectivity index (χ3n) is 1.76. The lowest BCUT2D eigenvalue weighted by Crippen LogP contribution is -2.20. The SMILES string of the molecule is Cc1ccc(F)cc1C[B-](F)(F)F. The molecule has 1 aromatic rings. The smallest absolute Gasteiger partial charge is 0.449 e. The summed E-state index contributed by atoms with van der Waals surface area (Å²) in [6.07, 6.45) is -1.01. The Kier molecular flexibility index (Phi) is 2.64. The van der Waals surface area contributed by atoms with E-state index < -0.39 is 19.1 Å². The summed E-state index contributed by atoms with van der Waals surface area (Å²) in [4.78, 5) is 0. The van der Waals surface area contributed by atoms with Crippen molar-refractivity contribution >= 4 is 6.98 Å². The van der Waals surface area contributed by atoms with Crippen molar-refractivity contribution in [2.24, 2.45) is 0 Å². The fourth-order valence-corrected chi connectivity index (χ4v) is 1.11. The molecule has 0 heterocycles. The zero-order valence-corrected chi connectivity index (χ0v) is 7.03. The summed E-state index contributed by atoms with van der Waals surface area (Å²) in [6, 6.07) is 3.44. The average molecular weight is 191 g/mol. The van der Waals surface area contributed by atoms with Crippen LogP contribution in [0.2, 0.25) is 0 Å². The molecule has 0 saturated carbocycles. The van der Waals surface area contributed by atoms with E-state index in [1.807, 2.05) is 0 Å². The Hall–Kier alpha value is -0.995. The number of hydrogen-bond donors (Lipinski definition) is 0. The molecule has 0 bridgehead atoms. The predicted molar refractivity (Wildman–Crippen MR) is 43.9 cm³/mol. The van der Waals surface area contributed by atoms with Gasteiger partial charge in [-0.25, -0.2) is 4.39 Å². The summed E-state index contributed by atoms with van der Waals surface area (Å²) in [5.74, 6) is -0.624. The van der Waals surface area contributed by atoms with Crippen LogP contribution in [0.1, 0.15) is 11.1 Å². The van der Waals surface area contributed by atoms with Crippen LogP contribution < -0.4 is 0 Å². The topological polar surface area (TPSA) is 0 Å². The Balaban J connectivity index is 2.94. The first-order valence-corrected chi connectivity index (χ1v) is 3.84. The summed E-state index contributed by atoms with van der Waals surface area (Å²) in [5.41, 5.74) is 0.494. The van der Waals surface area contributed by atoms with Gasteiger partial charge in [0.05, 0.1) is 0 Å². The van der Waals surface area contributed by atoms with Gasteiger partial charge in [-0.2, -0.15) is 0 Å². The van der Waals surface area contributed by atoms with Gasteiger partial charge in [-0.05, 0) is 19.1 Å². The highest BCUT2D eigenvalue weighted by atomic mass is 19.4. The molecule has 0 amide bonds. The third kappa shape index (κ3) is 3.09. The van der Waals surface area contributed by atoms with Gasteiger partial charge in [0, 0.05) is 0 Å². The maximum Gasteiger partial charge on any atom is 0.482 e. The molecular formula is C8H8BF4-. The molecule has 1 aromatic carbocycles. The predicted octanol–water partition coefficient (Wildman–Crippen LogP) is 3.06. The van der Waals surface area contributed by atoms with Crippen molar-refractivity contribution in [2.75, 3.05) is 0 Å². The van der Waals surface area contributed by atoms with Gasteiger partial charge in [0.25, 0.3) is 0 Å². The molecule has 5 heteroatoms. The molecule has 0 saturated heterocycles. The summed E-state index contributed by atoms with van der Waals surface area (Å²) < 4.78 is 48.5. The van der Waals surface area contributed by atoms with Gasteiger partial charge >= 0.3 is 6.98 Å². The quantitative estimate of drug-likeness (QED) is 0.497. The van der Waals surface area contributed by atoms with Gasteiger partial charge < -0.3 is 12.9 Å². The minimum absolute atomic E-state index is 0.0208. The van der Waals surface area contributed by atoms with Crippen molar-refractivity contribution in [3.05, 3.63) is 35.1 Å². The van der Waals surface area contributed by atoms with Crippen LogP contribution in [0.25, 0.3) is 0 Å². The fourth-order valence-electron chi connectivity index (χ4n) is 1.11. The van der Waals surface area contributed by atoms with E-state index in [-0.39, 0.29) is 5.56 Å². The summed E-state index contributed by atoms with van der Waals surface area (Å²) in [7, 11) is 0. The van der Waals surface area contributed by atoms with Gasteiger partial charge in [0.2, 0.25) is 0 Å². The van der Waals surface area contributed by atoms with Crippen molar-refractivity contribution in [1.29, 1.82) is 0 Å². The molecule has 0 fully saturated rings. The summed E-state index contributed by atoms with van der Waals surface area (Å²) in [5, 5.41) is 0. The van der Waals surface area contributed by atoms with Crippen LogP contribution in [-0.4, -0.2) is 6.98 Å². The number of rotatable bonds is 2. The number of hydrogen-bond acceptors (Lipinski definition) is 0. The van der Waals surface area contributed by atoms with E-state index in [1.165, 1.54) is 13.0 Å². The second-order valence-electron chi connectivity index (χ2n) is 2.99. The minimum atomic E-state index is -4.88. The molecule has 72 valence electrons. The van der Waals surface area contributed by atoms with Crippen molar-refractivity contribution in [3.63, 3.8) is 0 Å². The molecule has 13 heavy (non-hydrogen) atoms. The second-order valence-corrected chi connectivity index (χ2v) is 2.99. The Morgan fingerprint density at radius 2 is 1.85 bits per heavy atom. The Morgan fingerprint density at radius 3 is 2.38 bits per heavy atom. The Bertz CT molecular complexity index is 306. The second kappa shape index (κ2) is 3.40. The van der Waals surface area contributed by atoms with Crippen LogP contribution >= 0.6 is 0 Å². The number of halogens is 4. The van der Waals surface area contributed by atoms with E-state index in [9.17, 15) is 17.3 Å². The molecule has 1 rings (SSSR count). The number of aryl methyl sites for hydroxylation is 1. The monoisotopic (exact) mass is 191 g/mol. The van der Waals surface area contributed by atoms with E-state index in [4.69, 9.17) is 0 Å². The third-order valence-corrected chi connectivity index (χ3v) is 1.76.